The van der Waals surface area contributed by atoms with Gasteiger partial charge in [0, 0.05) is 23.6 Å². The SMILES string of the molecule is COC(=O)[C@@H]1[C@@H](OCC(=O)OC(C)(C)C)CCN1C(=O)C(N)Cc1c[nH]c2ccc(F)cc12. The molecule has 3 rings (SSSR count). The number of H-pyrrole nitrogens is 1. The minimum absolute atomic E-state index is 0.149. The van der Waals surface area contributed by atoms with Gasteiger partial charge in [0.1, 0.15) is 18.0 Å². The Labute approximate surface area is 191 Å². The number of halogens is 1. The molecule has 9 nitrogen and oxygen atoms in total. The van der Waals surface area contributed by atoms with Crippen molar-refractivity contribution in [1.82, 2.24) is 9.88 Å². The highest BCUT2D eigenvalue weighted by Gasteiger charge is 2.45. The molecular formula is C23H30FN3O6. The molecule has 3 atom stereocenters. The molecule has 0 saturated carbocycles. The second kappa shape index (κ2) is 9.88. The van der Waals surface area contributed by atoms with Crippen LogP contribution in [0.15, 0.2) is 24.4 Å². The molecule has 1 amide bonds. The highest BCUT2D eigenvalue weighted by atomic mass is 19.1. The van der Waals surface area contributed by atoms with Crippen LogP contribution < -0.4 is 5.73 Å². The highest BCUT2D eigenvalue weighted by Crippen LogP contribution is 2.25. The van der Waals surface area contributed by atoms with E-state index >= 15 is 0 Å². The summed E-state index contributed by atoms with van der Waals surface area (Å²) in [5.74, 6) is -2.08. The lowest BCUT2D eigenvalue weighted by Crippen LogP contribution is -2.52. The lowest BCUT2D eigenvalue weighted by atomic mass is 10.0. The molecule has 180 valence electrons. The van der Waals surface area contributed by atoms with Gasteiger partial charge in [0.2, 0.25) is 5.91 Å². The smallest absolute Gasteiger partial charge is 0.332 e. The number of hydrogen-bond acceptors (Lipinski definition) is 7. The number of fused-ring (bicyclic) bond motifs is 1. The summed E-state index contributed by atoms with van der Waals surface area (Å²) in [4.78, 5) is 42.0. The summed E-state index contributed by atoms with van der Waals surface area (Å²) in [5, 5.41) is 0.641. The van der Waals surface area contributed by atoms with Gasteiger partial charge in [-0.25, -0.2) is 14.0 Å². The van der Waals surface area contributed by atoms with Crippen molar-refractivity contribution in [2.45, 2.75) is 57.4 Å². The Morgan fingerprint density at radius 3 is 2.70 bits per heavy atom. The molecule has 1 aromatic heterocycles. The Morgan fingerprint density at radius 2 is 2.03 bits per heavy atom. The molecule has 1 aromatic carbocycles. The number of rotatable bonds is 7. The molecule has 1 aliphatic rings. The molecule has 0 aliphatic carbocycles. The van der Waals surface area contributed by atoms with Gasteiger partial charge in [0.15, 0.2) is 6.04 Å². The number of nitrogens with two attached hydrogens (primary N) is 1. The first-order valence-electron chi connectivity index (χ1n) is 10.7. The summed E-state index contributed by atoms with van der Waals surface area (Å²) in [5.41, 5.74) is 6.95. The third kappa shape index (κ3) is 5.88. The van der Waals surface area contributed by atoms with E-state index in [1.54, 1.807) is 33.0 Å². The fourth-order valence-electron chi connectivity index (χ4n) is 3.99. The van der Waals surface area contributed by atoms with Crippen molar-refractivity contribution in [1.29, 1.82) is 0 Å². The van der Waals surface area contributed by atoms with Crippen LogP contribution in [0.25, 0.3) is 10.9 Å². The van der Waals surface area contributed by atoms with Gasteiger partial charge in [0.25, 0.3) is 0 Å². The van der Waals surface area contributed by atoms with Crippen molar-refractivity contribution < 1.29 is 33.0 Å². The predicted octanol–water partition coefficient (Wildman–Crippen LogP) is 1.68. The molecule has 0 radical (unpaired) electrons. The van der Waals surface area contributed by atoms with Crippen LogP contribution in [0.4, 0.5) is 4.39 Å². The van der Waals surface area contributed by atoms with E-state index in [0.717, 1.165) is 5.52 Å². The summed E-state index contributed by atoms with van der Waals surface area (Å²) >= 11 is 0. The number of nitrogens with zero attached hydrogens (tertiary/aromatic N) is 1. The fraction of sp³-hybridized carbons (Fsp3) is 0.522. The van der Waals surface area contributed by atoms with Gasteiger partial charge in [-0.15, -0.1) is 0 Å². The first kappa shape index (κ1) is 24.7. The monoisotopic (exact) mass is 463 g/mol. The Kier molecular flexibility index (Phi) is 7.38. The summed E-state index contributed by atoms with van der Waals surface area (Å²) in [6.45, 7) is 5.07. The number of benzene rings is 1. The first-order chi connectivity index (χ1) is 15.5. The quantitative estimate of drug-likeness (QED) is 0.599. The summed E-state index contributed by atoms with van der Waals surface area (Å²) in [6.07, 6.45) is 1.43. The van der Waals surface area contributed by atoms with Gasteiger partial charge in [-0.05, 0) is 57.4 Å². The van der Waals surface area contributed by atoms with Gasteiger partial charge in [-0.1, -0.05) is 0 Å². The number of aromatic nitrogens is 1. The summed E-state index contributed by atoms with van der Waals surface area (Å²) in [6, 6.07) is 2.34. The molecule has 2 heterocycles. The Morgan fingerprint density at radius 1 is 1.30 bits per heavy atom. The normalized spacial score (nSPS) is 19.5. The van der Waals surface area contributed by atoms with E-state index < -0.39 is 47.5 Å². The van der Waals surface area contributed by atoms with Crippen LogP contribution in [0.2, 0.25) is 0 Å². The van der Waals surface area contributed by atoms with E-state index in [-0.39, 0.29) is 19.6 Å². The average molecular weight is 464 g/mol. The van der Waals surface area contributed by atoms with Crippen molar-refractivity contribution in [3.05, 3.63) is 35.8 Å². The van der Waals surface area contributed by atoms with Crippen LogP contribution >= 0.6 is 0 Å². The molecular weight excluding hydrogens is 433 g/mol. The molecule has 33 heavy (non-hydrogen) atoms. The number of nitrogens with one attached hydrogen (secondary N) is 1. The number of carbonyl (C=O) groups is 3. The standard InChI is InChI=1S/C23H30FN3O6/c1-23(2,3)33-19(28)12-32-18-7-8-27(20(18)22(30)31-4)21(29)16(25)9-13-11-26-17-6-5-14(24)10-15(13)17/h5-6,10-11,16,18,20,26H,7-9,12,25H2,1-4H3/t16?,18-,20-/m0/s1. The van der Waals surface area contributed by atoms with E-state index in [2.05, 4.69) is 4.98 Å². The number of likely N-dealkylation sites (tertiary alicyclic amines) is 1. The lowest BCUT2D eigenvalue weighted by molar-refractivity contribution is -0.166. The second-order valence-corrected chi connectivity index (χ2v) is 9.04. The minimum atomic E-state index is -1.03. The van der Waals surface area contributed by atoms with Crippen molar-refractivity contribution >= 4 is 28.7 Å². The zero-order valence-corrected chi connectivity index (χ0v) is 19.2. The van der Waals surface area contributed by atoms with Crippen molar-refractivity contribution in [2.75, 3.05) is 20.3 Å². The van der Waals surface area contributed by atoms with Crippen LogP contribution in [-0.2, 0) is 35.0 Å². The van der Waals surface area contributed by atoms with E-state index in [9.17, 15) is 18.8 Å². The van der Waals surface area contributed by atoms with Crippen LogP contribution in [0, 0.1) is 5.82 Å². The van der Waals surface area contributed by atoms with Crippen LogP contribution in [0.5, 0.6) is 0 Å². The number of amides is 1. The predicted molar refractivity (Wildman–Crippen MR) is 118 cm³/mol. The minimum Gasteiger partial charge on any atom is -0.467 e. The number of aromatic amines is 1. The number of ether oxygens (including phenoxy) is 3. The first-order valence-corrected chi connectivity index (χ1v) is 10.7. The average Bonchev–Trinajstić information content (AvgIpc) is 3.34. The molecule has 0 bridgehead atoms. The maximum absolute atomic E-state index is 13.7. The molecule has 1 saturated heterocycles. The van der Waals surface area contributed by atoms with Gasteiger partial charge < -0.3 is 29.8 Å². The third-order valence-corrected chi connectivity index (χ3v) is 5.39. The Hall–Kier alpha value is -2.98. The summed E-state index contributed by atoms with van der Waals surface area (Å²) < 4.78 is 29.4. The van der Waals surface area contributed by atoms with Crippen LogP contribution in [0.3, 0.4) is 0 Å². The molecule has 1 fully saturated rings. The topological polar surface area (TPSA) is 124 Å². The maximum atomic E-state index is 13.7. The van der Waals surface area contributed by atoms with Crippen LogP contribution in [0.1, 0.15) is 32.8 Å². The number of carbonyl (C=O) groups excluding carboxylic acids is 3. The van der Waals surface area contributed by atoms with E-state index in [1.165, 1.54) is 24.1 Å². The van der Waals surface area contributed by atoms with Crippen molar-refractivity contribution in [2.24, 2.45) is 5.73 Å². The van der Waals surface area contributed by atoms with E-state index in [1.807, 2.05) is 0 Å². The van der Waals surface area contributed by atoms with Gasteiger partial charge in [0.05, 0.1) is 19.3 Å². The highest BCUT2D eigenvalue weighted by molar-refractivity contribution is 5.90. The molecule has 3 N–H and O–H groups in total. The lowest BCUT2D eigenvalue weighted by Gasteiger charge is -2.28. The van der Waals surface area contributed by atoms with Crippen LogP contribution in [-0.4, -0.2) is 71.8 Å². The fourth-order valence-corrected chi connectivity index (χ4v) is 3.99. The summed E-state index contributed by atoms with van der Waals surface area (Å²) in [7, 11) is 1.22. The van der Waals surface area contributed by atoms with Crippen molar-refractivity contribution in [3.8, 4) is 0 Å². The second-order valence-electron chi connectivity index (χ2n) is 9.04. The number of methoxy groups -OCH3 is 1. The van der Waals surface area contributed by atoms with Gasteiger partial charge in [-0.3, -0.25) is 4.79 Å². The van der Waals surface area contributed by atoms with Crippen molar-refractivity contribution in [3.63, 3.8) is 0 Å². The maximum Gasteiger partial charge on any atom is 0.332 e. The van der Waals surface area contributed by atoms with Gasteiger partial charge in [-0.2, -0.15) is 0 Å². The Bertz CT molecular complexity index is 1030. The van der Waals surface area contributed by atoms with E-state index in [0.29, 0.717) is 17.4 Å². The third-order valence-electron chi connectivity index (χ3n) is 5.39. The number of esters is 2. The number of hydrogen-bond donors (Lipinski definition) is 2. The molecule has 2 aromatic rings. The van der Waals surface area contributed by atoms with Gasteiger partial charge >= 0.3 is 11.9 Å². The molecule has 10 heteroatoms. The largest absolute Gasteiger partial charge is 0.467 e. The molecule has 1 unspecified atom stereocenters. The zero-order valence-electron chi connectivity index (χ0n) is 19.2. The zero-order chi connectivity index (χ0) is 24.3. The van der Waals surface area contributed by atoms with E-state index in [4.69, 9.17) is 19.9 Å². The Balaban J connectivity index is 1.69. The molecule has 0 spiro atoms. The molecule has 1 aliphatic heterocycles.